The number of halogens is 2. The molecule has 0 radical (unpaired) electrons. The molecule has 1 aromatic rings. The van der Waals surface area contributed by atoms with Gasteiger partial charge in [0.1, 0.15) is 5.02 Å². The van der Waals surface area contributed by atoms with E-state index in [0.717, 1.165) is 32.0 Å². The monoisotopic (exact) mass is 230 g/mol. The summed E-state index contributed by atoms with van der Waals surface area (Å²) in [4.78, 5) is 12.6. The molecule has 2 saturated heterocycles. The summed E-state index contributed by atoms with van der Waals surface area (Å²) in [5.74, 6) is 1.47. The topological polar surface area (TPSA) is 31.8 Å². The third-order valence-corrected chi connectivity index (χ3v) is 2.98. The summed E-state index contributed by atoms with van der Waals surface area (Å²) >= 11 is 11.9. The second kappa shape index (κ2) is 2.87. The predicted molar refractivity (Wildman–Crippen MR) is 56.5 cm³/mol. The molecule has 0 unspecified atom stereocenters. The third kappa shape index (κ3) is 1.38. The lowest BCUT2D eigenvalue weighted by atomic mass is 10.5. The molecule has 0 N–H and O–H groups in total. The van der Waals surface area contributed by atoms with Crippen LogP contribution in [-0.2, 0) is 0 Å². The van der Waals surface area contributed by atoms with Crippen molar-refractivity contribution >= 4 is 35.0 Å². The van der Waals surface area contributed by atoms with E-state index >= 15 is 0 Å². The zero-order valence-electron chi connectivity index (χ0n) is 7.37. The first-order valence-electron chi connectivity index (χ1n) is 4.48. The Morgan fingerprint density at radius 3 is 2.14 bits per heavy atom. The summed E-state index contributed by atoms with van der Waals surface area (Å²) in [7, 11) is 0. The average Bonchev–Trinajstić information content (AvgIpc) is 3.04. The molecule has 2 fully saturated rings. The molecule has 0 saturated carbocycles. The largest absolute Gasteiger partial charge is 0.352 e. The fourth-order valence-corrected chi connectivity index (χ4v) is 1.62. The molecule has 0 amide bonds. The van der Waals surface area contributed by atoms with Crippen LogP contribution in [0, 0.1) is 0 Å². The van der Waals surface area contributed by atoms with E-state index in [-0.39, 0.29) is 0 Å². The van der Waals surface area contributed by atoms with Crippen LogP contribution in [0.4, 0.5) is 11.8 Å². The lowest BCUT2D eigenvalue weighted by molar-refractivity contribution is 1.09. The third-order valence-electron chi connectivity index (χ3n) is 2.26. The van der Waals surface area contributed by atoms with Gasteiger partial charge in [0.15, 0.2) is 11.0 Å². The highest BCUT2D eigenvalue weighted by Gasteiger charge is 2.28. The summed E-state index contributed by atoms with van der Waals surface area (Å²) in [5.41, 5.74) is 0. The maximum Gasteiger partial charge on any atom is 0.228 e. The standard InChI is InChI=1S/C8H8Cl2N4/c9-5-6(10)11-8(14-3-4-14)12-7(5)13-1-2-13/h1-4H2. The molecule has 2 aliphatic heterocycles. The Labute approximate surface area is 91.4 Å². The van der Waals surface area contributed by atoms with E-state index in [0.29, 0.717) is 16.1 Å². The molecule has 0 bridgehead atoms. The molecule has 74 valence electrons. The van der Waals surface area contributed by atoms with E-state index in [1.54, 1.807) is 0 Å². The summed E-state index contributed by atoms with van der Waals surface area (Å²) in [5, 5.41) is 0.820. The SMILES string of the molecule is Clc1nc(N2CC2)nc(N2CC2)c1Cl. The van der Waals surface area contributed by atoms with Crippen LogP contribution in [0.3, 0.4) is 0 Å². The molecular formula is C8H8Cl2N4. The van der Waals surface area contributed by atoms with Crippen LogP contribution >= 0.6 is 23.2 Å². The van der Waals surface area contributed by atoms with Gasteiger partial charge in [0.2, 0.25) is 5.95 Å². The molecule has 0 aromatic carbocycles. The van der Waals surface area contributed by atoms with Crippen molar-refractivity contribution in [1.82, 2.24) is 9.97 Å². The Bertz CT molecular complexity index is 387. The lowest BCUT2D eigenvalue weighted by Crippen LogP contribution is -2.04. The van der Waals surface area contributed by atoms with Gasteiger partial charge < -0.3 is 9.80 Å². The van der Waals surface area contributed by atoms with Gasteiger partial charge in [-0.2, -0.15) is 9.97 Å². The second-order valence-corrected chi connectivity index (χ2v) is 4.16. The van der Waals surface area contributed by atoms with Gasteiger partial charge in [-0.3, -0.25) is 0 Å². The molecule has 0 atom stereocenters. The smallest absolute Gasteiger partial charge is 0.228 e. The highest BCUT2D eigenvalue weighted by atomic mass is 35.5. The van der Waals surface area contributed by atoms with Crippen LogP contribution in [0.5, 0.6) is 0 Å². The minimum atomic E-state index is 0.352. The van der Waals surface area contributed by atoms with Gasteiger partial charge >= 0.3 is 0 Å². The molecule has 0 spiro atoms. The Balaban J connectivity index is 2.06. The summed E-state index contributed by atoms with van der Waals surface area (Å²) in [6.45, 7) is 4.04. The van der Waals surface area contributed by atoms with Crippen LogP contribution in [0.25, 0.3) is 0 Å². The number of nitrogens with zero attached hydrogens (tertiary/aromatic N) is 4. The molecule has 14 heavy (non-hydrogen) atoms. The van der Waals surface area contributed by atoms with Crippen molar-refractivity contribution in [1.29, 1.82) is 0 Å². The van der Waals surface area contributed by atoms with Crippen molar-refractivity contribution in [2.45, 2.75) is 0 Å². The zero-order chi connectivity index (χ0) is 9.71. The molecule has 1 aromatic heterocycles. The van der Waals surface area contributed by atoms with Gasteiger partial charge in [0.25, 0.3) is 0 Å². The highest BCUT2D eigenvalue weighted by Crippen LogP contribution is 2.35. The van der Waals surface area contributed by atoms with Gasteiger partial charge in [-0.15, -0.1) is 0 Å². The fourth-order valence-electron chi connectivity index (χ4n) is 1.26. The molecule has 3 rings (SSSR count). The fraction of sp³-hybridized carbons (Fsp3) is 0.500. The first-order chi connectivity index (χ1) is 6.75. The minimum Gasteiger partial charge on any atom is -0.352 e. The second-order valence-electron chi connectivity index (χ2n) is 3.43. The Morgan fingerprint density at radius 2 is 1.57 bits per heavy atom. The van der Waals surface area contributed by atoms with E-state index in [9.17, 15) is 0 Å². The first kappa shape index (κ1) is 8.56. The van der Waals surface area contributed by atoms with Gasteiger partial charge in [-0.25, -0.2) is 0 Å². The summed E-state index contributed by atoms with van der Waals surface area (Å²) in [6, 6.07) is 0. The molecule has 3 heterocycles. The van der Waals surface area contributed by atoms with Crippen LogP contribution in [-0.4, -0.2) is 36.1 Å². The highest BCUT2D eigenvalue weighted by molar-refractivity contribution is 6.42. The first-order valence-corrected chi connectivity index (χ1v) is 5.24. The maximum absolute atomic E-state index is 6.01. The van der Waals surface area contributed by atoms with Crippen LogP contribution in [0.1, 0.15) is 0 Å². The zero-order valence-corrected chi connectivity index (χ0v) is 8.89. The van der Waals surface area contributed by atoms with E-state index in [4.69, 9.17) is 23.2 Å². The van der Waals surface area contributed by atoms with Gasteiger partial charge in [-0.05, 0) is 0 Å². The Morgan fingerprint density at radius 1 is 0.929 bits per heavy atom. The van der Waals surface area contributed by atoms with Crippen molar-refractivity contribution in [3.8, 4) is 0 Å². The molecule has 6 heteroatoms. The van der Waals surface area contributed by atoms with Crippen molar-refractivity contribution in [3.63, 3.8) is 0 Å². The molecular weight excluding hydrogens is 223 g/mol. The van der Waals surface area contributed by atoms with Crippen LogP contribution in [0.15, 0.2) is 0 Å². The van der Waals surface area contributed by atoms with Gasteiger partial charge in [0, 0.05) is 26.2 Å². The summed E-state index contributed by atoms with van der Waals surface area (Å²) in [6.07, 6.45) is 0. The number of anilines is 2. The van der Waals surface area contributed by atoms with Crippen molar-refractivity contribution in [2.24, 2.45) is 0 Å². The van der Waals surface area contributed by atoms with Crippen LogP contribution in [0.2, 0.25) is 10.2 Å². The molecule has 0 aliphatic carbocycles. The predicted octanol–water partition coefficient (Wildman–Crippen LogP) is 1.42. The van der Waals surface area contributed by atoms with Crippen LogP contribution < -0.4 is 9.80 Å². The number of hydrogen-bond acceptors (Lipinski definition) is 4. The Hall–Kier alpha value is -0.740. The number of hydrogen-bond donors (Lipinski definition) is 0. The minimum absolute atomic E-state index is 0.352. The van der Waals surface area contributed by atoms with E-state index in [1.165, 1.54) is 0 Å². The number of rotatable bonds is 2. The lowest BCUT2D eigenvalue weighted by Gasteiger charge is -2.08. The molecule has 4 nitrogen and oxygen atoms in total. The van der Waals surface area contributed by atoms with Gasteiger partial charge in [-0.1, -0.05) is 23.2 Å². The Kier molecular flexibility index (Phi) is 1.76. The average molecular weight is 231 g/mol. The van der Waals surface area contributed by atoms with Crippen molar-refractivity contribution in [3.05, 3.63) is 10.2 Å². The van der Waals surface area contributed by atoms with Crippen molar-refractivity contribution in [2.75, 3.05) is 36.0 Å². The quantitative estimate of drug-likeness (QED) is 0.569. The van der Waals surface area contributed by atoms with E-state index < -0.39 is 0 Å². The normalized spacial score (nSPS) is 18.7. The summed E-state index contributed by atoms with van der Waals surface area (Å²) < 4.78 is 0. The van der Waals surface area contributed by atoms with Crippen molar-refractivity contribution < 1.29 is 0 Å². The van der Waals surface area contributed by atoms with Gasteiger partial charge in [0.05, 0.1) is 0 Å². The maximum atomic E-state index is 6.01. The van der Waals surface area contributed by atoms with E-state index in [1.807, 2.05) is 0 Å². The number of aromatic nitrogens is 2. The van der Waals surface area contributed by atoms with E-state index in [2.05, 4.69) is 19.8 Å². The molecule has 2 aliphatic rings.